The van der Waals surface area contributed by atoms with Crippen molar-refractivity contribution in [1.29, 1.82) is 0 Å². The van der Waals surface area contributed by atoms with Crippen LogP contribution in [0, 0.1) is 0 Å². The Morgan fingerprint density at radius 1 is 0.938 bits per heavy atom. The molecule has 1 heteroatoms. The minimum absolute atomic E-state index is 1.23. The highest BCUT2D eigenvalue weighted by molar-refractivity contribution is 5.93. The molecule has 0 saturated heterocycles. The van der Waals surface area contributed by atoms with E-state index in [1.807, 2.05) is 0 Å². The van der Waals surface area contributed by atoms with Gasteiger partial charge in [0.1, 0.15) is 0 Å². The molecule has 2 aromatic heterocycles. The average molecular weight is 207 g/mol. The van der Waals surface area contributed by atoms with Gasteiger partial charge in [0, 0.05) is 11.6 Å². The predicted molar refractivity (Wildman–Crippen MR) is 66.9 cm³/mol. The second kappa shape index (κ2) is 2.88. The van der Waals surface area contributed by atoms with Crippen LogP contribution in [0.2, 0.25) is 0 Å². The van der Waals surface area contributed by atoms with Crippen molar-refractivity contribution < 1.29 is 0 Å². The number of rotatable bonds is 0. The third-order valence-electron chi connectivity index (χ3n) is 3.73. The molecule has 0 unspecified atom stereocenters. The van der Waals surface area contributed by atoms with Gasteiger partial charge in [0.05, 0.1) is 11.0 Å². The number of hydrogen-bond donors (Lipinski definition) is 0. The molecule has 4 rings (SSSR count). The molecular formula is C15H13N. The van der Waals surface area contributed by atoms with Gasteiger partial charge in [-0.2, -0.15) is 0 Å². The molecular weight excluding hydrogens is 194 g/mol. The van der Waals surface area contributed by atoms with Gasteiger partial charge >= 0.3 is 0 Å². The predicted octanol–water partition coefficient (Wildman–Crippen LogP) is 3.58. The van der Waals surface area contributed by atoms with E-state index >= 15 is 0 Å². The molecule has 1 aromatic carbocycles. The van der Waals surface area contributed by atoms with Crippen LogP contribution in [0.5, 0.6) is 0 Å². The fraction of sp³-hybridized carbons (Fsp3) is 0.200. The molecule has 2 heterocycles. The van der Waals surface area contributed by atoms with Gasteiger partial charge in [-0.1, -0.05) is 24.3 Å². The Morgan fingerprint density at radius 3 is 2.88 bits per heavy atom. The summed E-state index contributed by atoms with van der Waals surface area (Å²) in [5, 5.41) is 1.44. The molecule has 0 saturated carbocycles. The molecule has 1 nitrogen and oxygen atoms in total. The second-order valence-corrected chi connectivity index (χ2v) is 4.60. The van der Waals surface area contributed by atoms with E-state index in [-0.39, 0.29) is 0 Å². The lowest BCUT2D eigenvalue weighted by atomic mass is 9.95. The Hall–Kier alpha value is -1.76. The molecule has 0 spiro atoms. The summed E-state index contributed by atoms with van der Waals surface area (Å²) in [6.45, 7) is 0. The summed E-state index contributed by atoms with van der Waals surface area (Å²) in [6.07, 6.45) is 5.94. The van der Waals surface area contributed by atoms with Crippen LogP contribution in [0.25, 0.3) is 16.4 Å². The van der Waals surface area contributed by atoms with Gasteiger partial charge in [-0.15, -0.1) is 0 Å². The number of nitrogens with zero attached hydrogens (tertiary/aromatic N) is 1. The minimum atomic E-state index is 1.23. The lowest BCUT2D eigenvalue weighted by molar-refractivity contribution is 0.806. The fourth-order valence-electron chi connectivity index (χ4n) is 3.07. The normalized spacial score (nSPS) is 14.8. The van der Waals surface area contributed by atoms with E-state index in [1.165, 1.54) is 41.2 Å². The Bertz CT molecular complexity index is 691. The Labute approximate surface area is 94.3 Å². The quantitative estimate of drug-likeness (QED) is 0.530. The molecule has 0 bridgehead atoms. The highest BCUT2D eigenvalue weighted by Gasteiger charge is 2.17. The van der Waals surface area contributed by atoms with Crippen LogP contribution in [0.3, 0.4) is 0 Å². The molecule has 1 aliphatic carbocycles. The van der Waals surface area contributed by atoms with Crippen molar-refractivity contribution >= 4 is 16.4 Å². The zero-order chi connectivity index (χ0) is 10.5. The maximum absolute atomic E-state index is 2.36. The molecule has 0 radical (unpaired) electrons. The van der Waals surface area contributed by atoms with Crippen LogP contribution in [0.4, 0.5) is 0 Å². The number of fused-ring (bicyclic) bond motifs is 3. The monoisotopic (exact) mass is 207 g/mol. The number of aromatic nitrogens is 1. The molecule has 0 amide bonds. The van der Waals surface area contributed by atoms with Crippen LogP contribution >= 0.6 is 0 Å². The van der Waals surface area contributed by atoms with Crippen molar-refractivity contribution in [2.24, 2.45) is 0 Å². The van der Waals surface area contributed by atoms with Gasteiger partial charge in [-0.05, 0) is 42.5 Å². The van der Waals surface area contributed by atoms with Crippen LogP contribution in [-0.2, 0) is 12.8 Å². The lowest BCUT2D eigenvalue weighted by Gasteiger charge is -2.12. The highest BCUT2D eigenvalue weighted by Crippen LogP contribution is 2.33. The average Bonchev–Trinajstić information content (AvgIpc) is 2.68. The molecule has 16 heavy (non-hydrogen) atoms. The van der Waals surface area contributed by atoms with Gasteiger partial charge in [-0.25, -0.2) is 0 Å². The van der Waals surface area contributed by atoms with E-state index in [0.717, 1.165) is 0 Å². The Kier molecular flexibility index (Phi) is 1.51. The smallest absolute Gasteiger partial charge is 0.0531 e. The number of para-hydroxylation sites is 1. The molecule has 0 aliphatic heterocycles. The van der Waals surface area contributed by atoms with Crippen molar-refractivity contribution in [2.45, 2.75) is 19.3 Å². The van der Waals surface area contributed by atoms with Gasteiger partial charge in [0.2, 0.25) is 0 Å². The number of pyridine rings is 1. The van der Waals surface area contributed by atoms with Crippen molar-refractivity contribution in [2.75, 3.05) is 0 Å². The first-order valence-electron chi connectivity index (χ1n) is 5.95. The second-order valence-electron chi connectivity index (χ2n) is 4.60. The van der Waals surface area contributed by atoms with E-state index in [9.17, 15) is 0 Å². The maximum Gasteiger partial charge on any atom is 0.0531 e. The van der Waals surface area contributed by atoms with Gasteiger partial charge < -0.3 is 4.40 Å². The molecule has 0 N–H and O–H groups in total. The third kappa shape index (κ3) is 0.909. The summed E-state index contributed by atoms with van der Waals surface area (Å²) in [6, 6.07) is 13.2. The summed E-state index contributed by atoms with van der Waals surface area (Å²) in [5.41, 5.74) is 5.89. The van der Waals surface area contributed by atoms with E-state index in [4.69, 9.17) is 0 Å². The zero-order valence-electron chi connectivity index (χ0n) is 9.11. The summed E-state index contributed by atoms with van der Waals surface area (Å²) in [5.74, 6) is 0. The Morgan fingerprint density at radius 2 is 1.88 bits per heavy atom. The van der Waals surface area contributed by atoms with Crippen molar-refractivity contribution in [3.8, 4) is 0 Å². The van der Waals surface area contributed by atoms with E-state index in [1.54, 1.807) is 5.56 Å². The summed E-state index contributed by atoms with van der Waals surface area (Å²) < 4.78 is 2.36. The zero-order valence-corrected chi connectivity index (χ0v) is 9.11. The van der Waals surface area contributed by atoms with Crippen LogP contribution in [0.1, 0.15) is 17.5 Å². The minimum Gasteiger partial charge on any atom is -0.316 e. The number of benzene rings is 1. The topological polar surface area (TPSA) is 4.41 Å². The van der Waals surface area contributed by atoms with Crippen LogP contribution < -0.4 is 0 Å². The first-order chi connectivity index (χ1) is 7.95. The van der Waals surface area contributed by atoms with Crippen molar-refractivity contribution in [1.82, 2.24) is 4.40 Å². The van der Waals surface area contributed by atoms with Gasteiger partial charge in [-0.3, -0.25) is 0 Å². The molecule has 3 aromatic rings. The first-order valence-corrected chi connectivity index (χ1v) is 5.95. The Balaban J connectivity index is 2.36. The summed E-state index contributed by atoms with van der Waals surface area (Å²) >= 11 is 0. The number of aryl methyl sites for hydroxylation is 2. The van der Waals surface area contributed by atoms with E-state index in [0.29, 0.717) is 0 Å². The van der Waals surface area contributed by atoms with Crippen LogP contribution in [-0.4, -0.2) is 4.40 Å². The van der Waals surface area contributed by atoms with E-state index in [2.05, 4.69) is 47.0 Å². The summed E-state index contributed by atoms with van der Waals surface area (Å²) in [4.78, 5) is 0. The SMILES string of the molecule is c1ccc2c(c1)c1c3c(cccn32)CCC1. The van der Waals surface area contributed by atoms with Crippen LogP contribution in [0.15, 0.2) is 42.6 Å². The molecule has 78 valence electrons. The number of hydrogen-bond acceptors (Lipinski definition) is 0. The lowest BCUT2D eigenvalue weighted by Crippen LogP contribution is -2.00. The maximum atomic E-state index is 2.36. The van der Waals surface area contributed by atoms with Crippen molar-refractivity contribution in [3.63, 3.8) is 0 Å². The molecule has 0 atom stereocenters. The van der Waals surface area contributed by atoms with E-state index < -0.39 is 0 Å². The summed E-state index contributed by atoms with van der Waals surface area (Å²) in [7, 11) is 0. The standard InChI is InChI=1S/C15H13N/c1-2-9-14-12(7-1)13-8-3-5-11-6-4-10-16(14)15(11)13/h1-2,4,6-7,9-10H,3,5,8H2. The van der Waals surface area contributed by atoms with Gasteiger partial charge in [0.25, 0.3) is 0 Å². The van der Waals surface area contributed by atoms with Gasteiger partial charge in [0.15, 0.2) is 0 Å². The van der Waals surface area contributed by atoms with Crippen molar-refractivity contribution in [3.05, 3.63) is 53.7 Å². The first kappa shape index (κ1) is 8.40. The largest absolute Gasteiger partial charge is 0.316 e. The molecule has 1 aliphatic rings. The fourth-order valence-corrected chi connectivity index (χ4v) is 3.07. The highest BCUT2D eigenvalue weighted by atomic mass is 14.9. The molecule has 0 fully saturated rings. The third-order valence-corrected chi connectivity index (χ3v) is 3.73.